The van der Waals surface area contributed by atoms with Gasteiger partial charge >= 0.3 is 0 Å². The maximum atomic E-state index is 12.4. The Balaban J connectivity index is 1.86. The average Bonchev–Trinajstić information content (AvgIpc) is 2.51. The molecule has 0 unspecified atom stereocenters. The van der Waals surface area contributed by atoms with Crippen LogP contribution in [0.5, 0.6) is 0 Å². The zero-order chi connectivity index (χ0) is 9.26. The number of halogens is 1. The molecule has 1 saturated heterocycles. The Hall–Kier alpha value is -1.46. The minimum absolute atomic E-state index is 0.112. The molecule has 1 aliphatic rings. The van der Waals surface area contributed by atoms with E-state index in [9.17, 15) is 9.18 Å². The monoisotopic (exact) mass is 184 g/mol. The molecule has 1 amide bonds. The van der Waals surface area contributed by atoms with Crippen molar-refractivity contribution in [3.05, 3.63) is 12.7 Å². The van der Waals surface area contributed by atoms with E-state index in [1.807, 2.05) is 0 Å². The number of nitrogens with zero attached hydrogens (tertiary/aromatic N) is 4. The first kappa shape index (κ1) is 8.15. The lowest BCUT2D eigenvalue weighted by Crippen LogP contribution is -2.52. The molecular weight excluding hydrogens is 175 g/mol. The molecule has 5 nitrogen and oxygen atoms in total. The Kier molecular flexibility index (Phi) is 1.96. The summed E-state index contributed by atoms with van der Waals surface area (Å²) in [6, 6.07) is 0. The van der Waals surface area contributed by atoms with Crippen molar-refractivity contribution < 1.29 is 9.18 Å². The second-order valence-corrected chi connectivity index (χ2v) is 2.99. The van der Waals surface area contributed by atoms with Gasteiger partial charge in [-0.05, 0) is 0 Å². The quantitative estimate of drug-likeness (QED) is 0.620. The van der Waals surface area contributed by atoms with E-state index in [0.29, 0.717) is 0 Å². The van der Waals surface area contributed by atoms with E-state index in [-0.39, 0.29) is 25.5 Å². The molecule has 0 bridgehead atoms. The van der Waals surface area contributed by atoms with Crippen molar-refractivity contribution in [2.45, 2.75) is 12.7 Å². The van der Waals surface area contributed by atoms with Crippen LogP contribution >= 0.6 is 0 Å². The minimum Gasteiger partial charge on any atom is -0.335 e. The fourth-order valence-corrected chi connectivity index (χ4v) is 1.18. The van der Waals surface area contributed by atoms with Crippen molar-refractivity contribution in [2.75, 3.05) is 13.1 Å². The lowest BCUT2D eigenvalue weighted by molar-refractivity contribution is -0.139. The van der Waals surface area contributed by atoms with Crippen molar-refractivity contribution >= 4 is 5.91 Å². The zero-order valence-corrected chi connectivity index (χ0v) is 6.93. The summed E-state index contributed by atoms with van der Waals surface area (Å²) < 4.78 is 13.8. The Morgan fingerprint density at radius 3 is 2.92 bits per heavy atom. The smallest absolute Gasteiger partial charge is 0.244 e. The number of carbonyl (C=O) groups excluding carboxylic acids is 1. The Morgan fingerprint density at radius 1 is 1.62 bits per heavy atom. The molecule has 0 radical (unpaired) electrons. The highest BCUT2D eigenvalue weighted by atomic mass is 19.1. The first-order valence-electron chi connectivity index (χ1n) is 4.00. The van der Waals surface area contributed by atoms with Crippen LogP contribution in [0.25, 0.3) is 0 Å². The minimum atomic E-state index is -0.848. The maximum Gasteiger partial charge on any atom is 0.244 e. The van der Waals surface area contributed by atoms with Gasteiger partial charge in [-0.1, -0.05) is 0 Å². The molecule has 13 heavy (non-hydrogen) atoms. The molecule has 70 valence electrons. The molecule has 2 heterocycles. The van der Waals surface area contributed by atoms with Crippen molar-refractivity contribution in [1.82, 2.24) is 19.7 Å². The summed E-state index contributed by atoms with van der Waals surface area (Å²) in [6.07, 6.45) is 1.98. The van der Waals surface area contributed by atoms with Crippen molar-refractivity contribution in [2.24, 2.45) is 0 Å². The second-order valence-electron chi connectivity index (χ2n) is 2.99. The van der Waals surface area contributed by atoms with Gasteiger partial charge in [0.05, 0.1) is 13.1 Å². The first-order chi connectivity index (χ1) is 6.25. The van der Waals surface area contributed by atoms with Crippen molar-refractivity contribution in [1.29, 1.82) is 0 Å². The van der Waals surface area contributed by atoms with Crippen LogP contribution in [0.3, 0.4) is 0 Å². The first-order valence-corrected chi connectivity index (χ1v) is 4.00. The molecular formula is C7H9FN4O. The molecule has 0 spiro atoms. The molecule has 1 aromatic rings. The number of likely N-dealkylation sites (tertiary alicyclic amines) is 1. The fourth-order valence-electron chi connectivity index (χ4n) is 1.18. The highest BCUT2D eigenvalue weighted by Crippen LogP contribution is 2.11. The molecule has 2 rings (SSSR count). The number of hydrogen-bond acceptors (Lipinski definition) is 3. The molecule has 6 heteroatoms. The lowest BCUT2D eigenvalue weighted by Gasteiger charge is -2.34. The van der Waals surface area contributed by atoms with E-state index in [4.69, 9.17) is 0 Å². The van der Waals surface area contributed by atoms with E-state index in [0.717, 1.165) is 0 Å². The molecule has 1 aliphatic heterocycles. The largest absolute Gasteiger partial charge is 0.335 e. The lowest BCUT2D eigenvalue weighted by atomic mass is 10.2. The van der Waals surface area contributed by atoms with Crippen molar-refractivity contribution in [3.63, 3.8) is 0 Å². The summed E-state index contributed by atoms with van der Waals surface area (Å²) in [7, 11) is 0. The summed E-state index contributed by atoms with van der Waals surface area (Å²) in [5.74, 6) is -0.112. The number of rotatable bonds is 2. The standard InChI is InChI=1S/C7H9FN4O/c8-6-1-11(2-6)7(13)3-12-5-9-4-10-12/h4-6H,1-3H2. The predicted octanol–water partition coefficient (Wildman–Crippen LogP) is -0.542. The van der Waals surface area contributed by atoms with Gasteiger partial charge in [-0.2, -0.15) is 5.10 Å². The van der Waals surface area contributed by atoms with Crippen molar-refractivity contribution in [3.8, 4) is 0 Å². The van der Waals surface area contributed by atoms with Gasteiger partial charge in [-0.15, -0.1) is 0 Å². The van der Waals surface area contributed by atoms with Crippen LogP contribution in [0.2, 0.25) is 0 Å². The number of aromatic nitrogens is 3. The zero-order valence-electron chi connectivity index (χ0n) is 6.93. The van der Waals surface area contributed by atoms with Crippen LogP contribution in [0.15, 0.2) is 12.7 Å². The third kappa shape index (κ3) is 1.66. The van der Waals surface area contributed by atoms with Gasteiger partial charge in [0.25, 0.3) is 0 Å². The fraction of sp³-hybridized carbons (Fsp3) is 0.571. The second kappa shape index (κ2) is 3.12. The van der Waals surface area contributed by atoms with E-state index in [2.05, 4.69) is 10.1 Å². The Morgan fingerprint density at radius 2 is 2.38 bits per heavy atom. The summed E-state index contributed by atoms with van der Waals surface area (Å²) in [5, 5.41) is 3.78. The molecule has 0 aromatic carbocycles. The molecule has 0 N–H and O–H groups in total. The van der Waals surface area contributed by atoms with Gasteiger partial charge in [0.2, 0.25) is 5.91 Å². The topological polar surface area (TPSA) is 51.0 Å². The Bertz CT molecular complexity index is 293. The van der Waals surface area contributed by atoms with Gasteiger partial charge in [0, 0.05) is 0 Å². The molecule has 0 saturated carbocycles. The maximum absolute atomic E-state index is 12.4. The summed E-state index contributed by atoms with van der Waals surface area (Å²) in [6.45, 7) is 0.577. The number of amides is 1. The number of hydrogen-bond donors (Lipinski definition) is 0. The van der Waals surface area contributed by atoms with Gasteiger partial charge in [0.15, 0.2) is 0 Å². The summed E-state index contributed by atoms with van der Waals surface area (Å²) in [5.41, 5.74) is 0. The molecule has 1 fully saturated rings. The predicted molar refractivity (Wildman–Crippen MR) is 41.5 cm³/mol. The van der Waals surface area contributed by atoms with Crippen LogP contribution in [0.4, 0.5) is 4.39 Å². The number of alkyl halides is 1. The van der Waals surface area contributed by atoms with Crippen LogP contribution < -0.4 is 0 Å². The van der Waals surface area contributed by atoms with Crippen LogP contribution in [-0.2, 0) is 11.3 Å². The third-order valence-corrected chi connectivity index (χ3v) is 1.95. The molecule has 0 atom stereocenters. The van der Waals surface area contributed by atoms with E-state index in [1.54, 1.807) is 0 Å². The van der Waals surface area contributed by atoms with E-state index >= 15 is 0 Å². The third-order valence-electron chi connectivity index (χ3n) is 1.95. The normalized spacial score (nSPS) is 17.2. The highest BCUT2D eigenvalue weighted by molar-refractivity contribution is 5.76. The van der Waals surface area contributed by atoms with E-state index in [1.165, 1.54) is 22.2 Å². The summed E-state index contributed by atoms with van der Waals surface area (Å²) in [4.78, 5) is 16.5. The average molecular weight is 184 g/mol. The van der Waals surface area contributed by atoms with E-state index < -0.39 is 6.17 Å². The Labute approximate surface area is 74.2 Å². The van der Waals surface area contributed by atoms with Crippen LogP contribution in [0, 0.1) is 0 Å². The van der Waals surface area contributed by atoms with Gasteiger partial charge in [-0.3, -0.25) is 4.79 Å². The number of carbonyl (C=O) groups is 1. The SMILES string of the molecule is O=C(Cn1cncn1)N1CC(F)C1. The summed E-state index contributed by atoms with van der Waals surface area (Å²) >= 11 is 0. The molecule has 0 aliphatic carbocycles. The molecule has 1 aromatic heterocycles. The highest BCUT2D eigenvalue weighted by Gasteiger charge is 2.30. The van der Waals surface area contributed by atoms with Gasteiger partial charge < -0.3 is 4.90 Å². The van der Waals surface area contributed by atoms with Gasteiger partial charge in [0.1, 0.15) is 25.4 Å². The van der Waals surface area contributed by atoms with Gasteiger partial charge in [-0.25, -0.2) is 14.1 Å². The van der Waals surface area contributed by atoms with Crippen LogP contribution in [0.1, 0.15) is 0 Å². The van der Waals surface area contributed by atoms with Crippen LogP contribution in [-0.4, -0.2) is 44.8 Å².